The molecule has 1 N–H and O–H groups in total. The molecule has 2 heterocycles. The summed E-state index contributed by atoms with van der Waals surface area (Å²) in [5, 5.41) is 7.32. The molecule has 1 unspecified atom stereocenters. The standard InChI is InChI=1S/C22H23Cl2FN4O/c1-29(11-3-2-4-12-29)27-22(30)19-14-21(15-5-8-17(25)9-6-15)28(26-19)20-10-7-16(23)13-18(20)24/h5-10,13,21H,2-4,11-12,14H2,1H3/p+1. The molecule has 1 fully saturated rings. The number of rotatable bonds is 4. The van der Waals surface area contributed by atoms with Crippen molar-refractivity contribution in [2.24, 2.45) is 5.10 Å². The summed E-state index contributed by atoms with van der Waals surface area (Å²) in [4.78, 5) is 13.1. The molecule has 1 atom stereocenters. The summed E-state index contributed by atoms with van der Waals surface area (Å²) in [6.45, 7) is 1.82. The minimum atomic E-state index is -0.311. The second-order valence-corrected chi connectivity index (χ2v) is 8.95. The van der Waals surface area contributed by atoms with E-state index in [2.05, 4.69) is 10.5 Å². The lowest BCUT2D eigenvalue weighted by Gasteiger charge is -2.36. The maximum atomic E-state index is 13.5. The van der Waals surface area contributed by atoms with E-state index in [1.807, 2.05) is 7.05 Å². The summed E-state index contributed by atoms with van der Waals surface area (Å²) in [6, 6.07) is 11.1. The predicted molar refractivity (Wildman–Crippen MR) is 118 cm³/mol. The largest absolute Gasteiger partial charge is 0.312 e. The number of carbonyl (C=O) groups excluding carboxylic acids is 1. The van der Waals surface area contributed by atoms with Crippen molar-refractivity contribution < 1.29 is 13.8 Å². The first-order valence-electron chi connectivity index (χ1n) is 10.1. The Morgan fingerprint density at radius 3 is 2.50 bits per heavy atom. The van der Waals surface area contributed by atoms with Gasteiger partial charge in [-0.1, -0.05) is 35.3 Å². The van der Waals surface area contributed by atoms with Crippen LogP contribution in [0.3, 0.4) is 0 Å². The second kappa shape index (κ2) is 8.53. The first kappa shape index (κ1) is 21.1. The van der Waals surface area contributed by atoms with Crippen molar-refractivity contribution in [3.63, 3.8) is 0 Å². The zero-order chi connectivity index (χ0) is 21.3. The average molecular weight is 450 g/mol. The fourth-order valence-electron chi connectivity index (χ4n) is 4.11. The van der Waals surface area contributed by atoms with Gasteiger partial charge in [0.05, 0.1) is 23.8 Å². The van der Waals surface area contributed by atoms with E-state index < -0.39 is 0 Å². The highest BCUT2D eigenvalue weighted by molar-refractivity contribution is 6.40. The summed E-state index contributed by atoms with van der Waals surface area (Å²) in [6.07, 6.45) is 3.78. The first-order valence-corrected chi connectivity index (χ1v) is 10.8. The van der Waals surface area contributed by atoms with Crippen molar-refractivity contribution in [2.75, 3.05) is 25.1 Å². The Morgan fingerprint density at radius 1 is 1.13 bits per heavy atom. The molecule has 2 aliphatic rings. The van der Waals surface area contributed by atoms with Crippen LogP contribution in [0, 0.1) is 5.82 Å². The van der Waals surface area contributed by atoms with E-state index in [1.165, 1.54) is 18.6 Å². The summed E-state index contributed by atoms with van der Waals surface area (Å²) in [5.74, 6) is -0.492. The van der Waals surface area contributed by atoms with Crippen LogP contribution in [-0.2, 0) is 4.79 Å². The van der Waals surface area contributed by atoms with Crippen LogP contribution < -0.4 is 10.4 Å². The summed E-state index contributed by atoms with van der Waals surface area (Å²) >= 11 is 12.5. The van der Waals surface area contributed by atoms with E-state index in [-0.39, 0.29) is 17.8 Å². The lowest BCUT2D eigenvalue weighted by molar-refractivity contribution is -0.947. The van der Waals surface area contributed by atoms with Crippen molar-refractivity contribution in [1.82, 2.24) is 5.43 Å². The monoisotopic (exact) mass is 449 g/mol. The molecule has 0 spiro atoms. The molecule has 30 heavy (non-hydrogen) atoms. The topological polar surface area (TPSA) is 44.7 Å². The van der Waals surface area contributed by atoms with Crippen LogP contribution in [0.25, 0.3) is 0 Å². The molecule has 1 saturated heterocycles. The highest BCUT2D eigenvalue weighted by Crippen LogP contribution is 2.39. The Bertz CT molecular complexity index is 974. The molecular formula is C22H24Cl2FN4O+. The highest BCUT2D eigenvalue weighted by atomic mass is 35.5. The first-order chi connectivity index (χ1) is 14.3. The molecule has 2 aromatic rings. The molecular weight excluding hydrogens is 426 g/mol. The molecule has 0 aromatic heterocycles. The number of likely N-dealkylation sites (tertiary alicyclic amines) is 1. The van der Waals surface area contributed by atoms with Crippen molar-refractivity contribution in [2.45, 2.75) is 31.7 Å². The van der Waals surface area contributed by atoms with E-state index in [9.17, 15) is 9.18 Å². The van der Waals surface area contributed by atoms with E-state index in [0.29, 0.717) is 32.5 Å². The molecule has 5 nitrogen and oxygen atoms in total. The smallest absolute Gasteiger partial charge is 0.263 e. The predicted octanol–water partition coefficient (Wildman–Crippen LogP) is 5.10. The summed E-state index contributed by atoms with van der Waals surface area (Å²) < 4.78 is 14.0. The van der Waals surface area contributed by atoms with Crippen molar-refractivity contribution in [1.29, 1.82) is 0 Å². The second-order valence-electron chi connectivity index (χ2n) is 8.10. The molecule has 4 rings (SSSR count). The molecule has 0 bridgehead atoms. The van der Waals surface area contributed by atoms with Gasteiger partial charge in [-0.2, -0.15) is 10.5 Å². The normalized spacial score (nSPS) is 20.7. The van der Waals surface area contributed by atoms with Gasteiger partial charge in [-0.05, 0) is 55.2 Å². The number of nitrogens with zero attached hydrogens (tertiary/aromatic N) is 3. The zero-order valence-corrected chi connectivity index (χ0v) is 18.3. The van der Waals surface area contributed by atoms with Gasteiger partial charge in [0, 0.05) is 11.4 Å². The van der Waals surface area contributed by atoms with Gasteiger partial charge in [-0.3, -0.25) is 9.80 Å². The summed E-state index contributed by atoms with van der Waals surface area (Å²) in [5.41, 5.74) is 5.08. The van der Waals surface area contributed by atoms with Gasteiger partial charge in [0.2, 0.25) is 0 Å². The Morgan fingerprint density at radius 2 is 1.83 bits per heavy atom. The number of amides is 1. The minimum absolute atomic E-state index is 0.181. The van der Waals surface area contributed by atoms with Crippen LogP contribution in [0.4, 0.5) is 10.1 Å². The van der Waals surface area contributed by atoms with Crippen LogP contribution in [0.1, 0.15) is 37.3 Å². The van der Waals surface area contributed by atoms with Crippen molar-refractivity contribution in [3.05, 3.63) is 63.9 Å². The Hall–Kier alpha value is -2.15. The molecule has 0 aliphatic carbocycles. The third-order valence-corrected chi connectivity index (χ3v) is 6.30. The lowest BCUT2D eigenvalue weighted by atomic mass is 10.0. The lowest BCUT2D eigenvalue weighted by Crippen LogP contribution is -2.60. The number of carbonyl (C=O) groups is 1. The number of quaternary nitrogens is 1. The Kier molecular flexibility index (Phi) is 6.00. The fourth-order valence-corrected chi connectivity index (χ4v) is 4.61. The quantitative estimate of drug-likeness (QED) is 0.659. The number of nitrogens with one attached hydrogen (secondary N) is 1. The number of hydrogen-bond donors (Lipinski definition) is 1. The molecule has 0 radical (unpaired) electrons. The van der Waals surface area contributed by atoms with Gasteiger partial charge in [0.1, 0.15) is 24.6 Å². The van der Waals surface area contributed by atoms with E-state index in [0.717, 1.165) is 31.5 Å². The van der Waals surface area contributed by atoms with Gasteiger partial charge >= 0.3 is 5.91 Å². The van der Waals surface area contributed by atoms with Crippen LogP contribution in [0.2, 0.25) is 10.0 Å². The van der Waals surface area contributed by atoms with E-state index in [4.69, 9.17) is 23.2 Å². The van der Waals surface area contributed by atoms with E-state index in [1.54, 1.807) is 35.3 Å². The fraction of sp³-hybridized carbons (Fsp3) is 0.364. The number of anilines is 1. The van der Waals surface area contributed by atoms with Crippen LogP contribution in [0.15, 0.2) is 47.6 Å². The SMILES string of the molecule is C[N+]1(NC(=O)C2=NN(c3ccc(Cl)cc3Cl)C(c3ccc(F)cc3)C2)CCCCC1. The number of halogens is 3. The molecule has 0 saturated carbocycles. The summed E-state index contributed by atoms with van der Waals surface area (Å²) in [7, 11) is 2.04. The number of benzene rings is 2. The number of hydrogen-bond acceptors (Lipinski definition) is 3. The van der Waals surface area contributed by atoms with Gasteiger partial charge < -0.3 is 0 Å². The number of hydrazone groups is 1. The maximum Gasteiger partial charge on any atom is 0.312 e. The third-order valence-electron chi connectivity index (χ3n) is 5.76. The molecule has 8 heteroatoms. The van der Waals surface area contributed by atoms with Gasteiger partial charge in [0.15, 0.2) is 0 Å². The van der Waals surface area contributed by atoms with Crippen LogP contribution >= 0.6 is 23.2 Å². The molecule has 2 aliphatic heterocycles. The molecule has 2 aromatic carbocycles. The van der Waals surface area contributed by atoms with Crippen LogP contribution in [-0.4, -0.2) is 36.3 Å². The Balaban J connectivity index is 1.64. The van der Waals surface area contributed by atoms with E-state index >= 15 is 0 Å². The minimum Gasteiger partial charge on any atom is -0.263 e. The molecule has 1 amide bonds. The highest BCUT2D eigenvalue weighted by Gasteiger charge is 2.36. The number of piperidine rings is 1. The molecule has 158 valence electrons. The zero-order valence-electron chi connectivity index (χ0n) is 16.7. The third kappa shape index (κ3) is 4.46. The van der Waals surface area contributed by atoms with Gasteiger partial charge in [-0.15, -0.1) is 0 Å². The van der Waals surface area contributed by atoms with Gasteiger partial charge in [0.25, 0.3) is 0 Å². The maximum absolute atomic E-state index is 13.5. The van der Waals surface area contributed by atoms with Crippen LogP contribution in [0.5, 0.6) is 0 Å². The van der Waals surface area contributed by atoms with Crippen molar-refractivity contribution >= 4 is 40.5 Å². The average Bonchev–Trinajstić information content (AvgIpc) is 3.14. The van der Waals surface area contributed by atoms with Gasteiger partial charge in [-0.25, -0.2) is 8.98 Å². The van der Waals surface area contributed by atoms with Crippen molar-refractivity contribution in [3.8, 4) is 0 Å². The Labute approximate surface area is 185 Å².